The number of aliphatic hydroxyl groups is 1. The van der Waals surface area contributed by atoms with Crippen molar-refractivity contribution in [3.8, 4) is 5.75 Å². The number of ether oxygens (including phenoxy) is 1. The summed E-state index contributed by atoms with van der Waals surface area (Å²) >= 11 is 6.14. The molecule has 1 N–H and O–H groups in total. The first kappa shape index (κ1) is 12.9. The van der Waals surface area contributed by atoms with E-state index in [0.717, 1.165) is 22.4 Å². The highest BCUT2D eigenvalue weighted by atomic mass is 35.5. The van der Waals surface area contributed by atoms with Gasteiger partial charge in [-0.15, -0.1) is 0 Å². The molecule has 2 aromatic rings. The van der Waals surface area contributed by atoms with E-state index in [4.69, 9.17) is 21.4 Å². The third-order valence-electron chi connectivity index (χ3n) is 2.82. The summed E-state index contributed by atoms with van der Waals surface area (Å²) < 4.78 is 5.74. The van der Waals surface area contributed by atoms with Gasteiger partial charge in [0.25, 0.3) is 0 Å². The van der Waals surface area contributed by atoms with Crippen LogP contribution < -0.4 is 4.74 Å². The molecule has 18 heavy (non-hydrogen) atoms. The lowest BCUT2D eigenvalue weighted by Gasteiger charge is -2.12. The third-order valence-corrected chi connectivity index (χ3v) is 3.35. The lowest BCUT2D eigenvalue weighted by atomic mass is 10.1. The number of halogens is 1. The molecule has 0 unspecified atom stereocenters. The van der Waals surface area contributed by atoms with E-state index < -0.39 is 0 Å². The predicted molar refractivity (Wildman–Crippen MR) is 72.9 cm³/mol. The lowest BCUT2D eigenvalue weighted by Crippen LogP contribution is -1.98. The van der Waals surface area contributed by atoms with Gasteiger partial charge in [-0.2, -0.15) is 0 Å². The largest absolute Gasteiger partial charge is 0.489 e. The fourth-order valence-corrected chi connectivity index (χ4v) is 1.95. The van der Waals surface area contributed by atoms with Gasteiger partial charge in [-0.3, -0.25) is 0 Å². The van der Waals surface area contributed by atoms with E-state index in [9.17, 15) is 0 Å². The smallest absolute Gasteiger partial charge is 0.124 e. The van der Waals surface area contributed by atoms with E-state index in [2.05, 4.69) is 0 Å². The molecule has 0 bridgehead atoms. The van der Waals surface area contributed by atoms with Crippen LogP contribution in [0.5, 0.6) is 5.75 Å². The Labute approximate surface area is 112 Å². The second kappa shape index (κ2) is 5.89. The molecule has 0 aliphatic rings. The second-order valence-electron chi connectivity index (χ2n) is 4.09. The number of hydrogen-bond donors (Lipinski definition) is 1. The van der Waals surface area contributed by atoms with E-state index in [1.54, 1.807) is 6.07 Å². The summed E-state index contributed by atoms with van der Waals surface area (Å²) in [5, 5.41) is 9.69. The van der Waals surface area contributed by atoms with E-state index in [-0.39, 0.29) is 6.61 Å². The Bertz CT molecular complexity index is 524. The monoisotopic (exact) mass is 262 g/mol. The maximum Gasteiger partial charge on any atom is 0.124 e. The van der Waals surface area contributed by atoms with E-state index in [0.29, 0.717) is 11.6 Å². The van der Waals surface area contributed by atoms with E-state index in [1.165, 1.54) is 0 Å². The van der Waals surface area contributed by atoms with Gasteiger partial charge in [-0.1, -0.05) is 48.0 Å². The maximum absolute atomic E-state index is 9.12. The Kier molecular flexibility index (Phi) is 4.24. The number of aliphatic hydroxyl groups excluding tert-OH is 1. The standard InChI is InChI=1S/C15H15ClO2/c1-11-14(8-7-13(9-17)15(11)16)18-10-12-5-3-2-4-6-12/h2-8,17H,9-10H2,1H3. The van der Waals surface area contributed by atoms with Crippen LogP contribution in [0, 0.1) is 6.92 Å². The van der Waals surface area contributed by atoms with Gasteiger partial charge in [-0.25, -0.2) is 0 Å². The summed E-state index contributed by atoms with van der Waals surface area (Å²) in [4.78, 5) is 0. The quantitative estimate of drug-likeness (QED) is 0.910. The molecule has 0 amide bonds. The zero-order valence-corrected chi connectivity index (χ0v) is 10.9. The minimum atomic E-state index is -0.0569. The van der Waals surface area contributed by atoms with Crippen molar-refractivity contribution in [2.75, 3.05) is 0 Å². The lowest BCUT2D eigenvalue weighted by molar-refractivity contribution is 0.280. The zero-order valence-electron chi connectivity index (χ0n) is 10.2. The van der Waals surface area contributed by atoms with Crippen LogP contribution in [0.3, 0.4) is 0 Å². The summed E-state index contributed by atoms with van der Waals surface area (Å²) in [5.41, 5.74) is 2.69. The Morgan fingerprint density at radius 2 is 1.83 bits per heavy atom. The molecule has 2 aromatic carbocycles. The first-order chi connectivity index (χ1) is 8.72. The van der Waals surface area contributed by atoms with Crippen molar-refractivity contribution in [2.24, 2.45) is 0 Å². The van der Waals surface area contributed by atoms with Crippen LogP contribution in [-0.2, 0) is 13.2 Å². The van der Waals surface area contributed by atoms with Crippen molar-refractivity contribution >= 4 is 11.6 Å². The van der Waals surface area contributed by atoms with E-state index in [1.807, 2.05) is 43.3 Å². The normalized spacial score (nSPS) is 10.4. The predicted octanol–water partition coefficient (Wildman–Crippen LogP) is 3.72. The number of benzene rings is 2. The van der Waals surface area contributed by atoms with Gasteiger partial charge in [0.15, 0.2) is 0 Å². The third kappa shape index (κ3) is 2.84. The molecule has 94 valence electrons. The molecular weight excluding hydrogens is 248 g/mol. The highest BCUT2D eigenvalue weighted by molar-refractivity contribution is 6.32. The van der Waals surface area contributed by atoms with Crippen LogP contribution in [-0.4, -0.2) is 5.11 Å². The van der Waals surface area contributed by atoms with Crippen LogP contribution in [0.15, 0.2) is 42.5 Å². The summed E-state index contributed by atoms with van der Waals surface area (Å²) in [7, 11) is 0. The van der Waals surface area contributed by atoms with Crippen LogP contribution >= 0.6 is 11.6 Å². The van der Waals surface area contributed by atoms with Gasteiger partial charge in [0.2, 0.25) is 0 Å². The molecule has 2 nitrogen and oxygen atoms in total. The summed E-state index contributed by atoms with van der Waals surface area (Å²) in [5.74, 6) is 0.751. The minimum absolute atomic E-state index is 0.0569. The van der Waals surface area contributed by atoms with Crippen molar-refractivity contribution in [3.05, 3.63) is 64.2 Å². The summed E-state index contributed by atoms with van der Waals surface area (Å²) in [6.07, 6.45) is 0. The molecule has 0 spiro atoms. The van der Waals surface area contributed by atoms with Gasteiger partial charge < -0.3 is 9.84 Å². The average molecular weight is 263 g/mol. The summed E-state index contributed by atoms with van der Waals surface area (Å²) in [6.45, 7) is 2.34. The van der Waals surface area contributed by atoms with E-state index >= 15 is 0 Å². The van der Waals surface area contributed by atoms with Crippen molar-refractivity contribution in [1.82, 2.24) is 0 Å². The molecule has 0 saturated heterocycles. The van der Waals surface area contributed by atoms with Crippen LogP contribution in [0.4, 0.5) is 0 Å². The topological polar surface area (TPSA) is 29.5 Å². The molecule has 3 heteroatoms. The molecule has 0 radical (unpaired) electrons. The Morgan fingerprint density at radius 1 is 1.11 bits per heavy atom. The highest BCUT2D eigenvalue weighted by Crippen LogP contribution is 2.29. The molecule has 0 atom stereocenters. The Hall–Kier alpha value is -1.51. The van der Waals surface area contributed by atoms with Gasteiger partial charge in [-0.05, 0) is 24.1 Å². The second-order valence-corrected chi connectivity index (χ2v) is 4.47. The first-order valence-corrected chi connectivity index (χ1v) is 6.15. The van der Waals surface area contributed by atoms with Gasteiger partial charge >= 0.3 is 0 Å². The molecular formula is C15H15ClO2. The molecule has 0 aromatic heterocycles. The maximum atomic E-state index is 9.12. The number of rotatable bonds is 4. The molecule has 0 heterocycles. The first-order valence-electron chi connectivity index (χ1n) is 5.78. The van der Waals surface area contributed by atoms with Crippen molar-refractivity contribution < 1.29 is 9.84 Å². The molecule has 0 saturated carbocycles. The van der Waals surface area contributed by atoms with Crippen molar-refractivity contribution in [1.29, 1.82) is 0 Å². The SMILES string of the molecule is Cc1c(OCc2ccccc2)ccc(CO)c1Cl. The van der Waals surface area contributed by atoms with Crippen molar-refractivity contribution in [3.63, 3.8) is 0 Å². The van der Waals surface area contributed by atoms with Gasteiger partial charge in [0.05, 0.1) is 11.6 Å². The molecule has 2 rings (SSSR count). The van der Waals surface area contributed by atoms with Crippen molar-refractivity contribution in [2.45, 2.75) is 20.1 Å². The molecule has 0 aliphatic carbocycles. The number of hydrogen-bond acceptors (Lipinski definition) is 2. The van der Waals surface area contributed by atoms with Crippen LogP contribution in [0.25, 0.3) is 0 Å². The Balaban J connectivity index is 2.13. The fraction of sp³-hybridized carbons (Fsp3) is 0.200. The van der Waals surface area contributed by atoms with Crippen LogP contribution in [0.2, 0.25) is 5.02 Å². The van der Waals surface area contributed by atoms with Gasteiger partial charge in [0, 0.05) is 5.56 Å². The van der Waals surface area contributed by atoms with Crippen LogP contribution in [0.1, 0.15) is 16.7 Å². The highest BCUT2D eigenvalue weighted by Gasteiger charge is 2.08. The molecule has 0 fully saturated rings. The molecule has 0 aliphatic heterocycles. The minimum Gasteiger partial charge on any atom is -0.489 e. The average Bonchev–Trinajstić information content (AvgIpc) is 2.42. The Morgan fingerprint density at radius 3 is 2.50 bits per heavy atom. The summed E-state index contributed by atoms with van der Waals surface area (Å²) in [6, 6.07) is 13.6. The van der Waals surface area contributed by atoms with Gasteiger partial charge in [0.1, 0.15) is 12.4 Å². The fourth-order valence-electron chi connectivity index (χ4n) is 1.74. The zero-order chi connectivity index (χ0) is 13.0.